The maximum absolute atomic E-state index is 4.40. The van der Waals surface area contributed by atoms with Crippen molar-refractivity contribution in [2.24, 2.45) is 5.41 Å². The molecule has 0 aromatic carbocycles. The Balaban J connectivity index is 2.63. The van der Waals surface area contributed by atoms with Crippen molar-refractivity contribution in [2.45, 2.75) is 40.7 Å². The summed E-state index contributed by atoms with van der Waals surface area (Å²) in [7, 11) is 2.14. The summed E-state index contributed by atoms with van der Waals surface area (Å²) in [5, 5.41) is 3.38. The average Bonchev–Trinajstić information content (AvgIpc) is 2.27. The van der Waals surface area contributed by atoms with Crippen molar-refractivity contribution < 1.29 is 0 Å². The van der Waals surface area contributed by atoms with E-state index in [0.29, 0.717) is 5.41 Å². The first-order valence-electron chi connectivity index (χ1n) is 6.79. The van der Waals surface area contributed by atoms with Gasteiger partial charge in [0.15, 0.2) is 0 Å². The third-order valence-corrected chi connectivity index (χ3v) is 2.69. The molecule has 0 aliphatic carbocycles. The van der Waals surface area contributed by atoms with E-state index in [0.717, 1.165) is 31.7 Å². The minimum Gasteiger partial charge on any atom is -0.374 e. The lowest BCUT2D eigenvalue weighted by Gasteiger charge is -2.28. The van der Waals surface area contributed by atoms with Crippen molar-refractivity contribution in [2.75, 3.05) is 25.0 Å². The van der Waals surface area contributed by atoms with Crippen molar-refractivity contribution in [1.82, 2.24) is 10.3 Å². The Hall–Kier alpha value is -1.09. The molecule has 1 N–H and O–H groups in total. The minimum absolute atomic E-state index is 0.304. The standard InChI is InChI=1S/C15H27N3/c1-6-8-16-11-13-10-14(7-9-17-13)18(5)12-15(2,3)4/h7,9-10,16H,6,8,11-12H2,1-5H3. The normalized spacial score (nSPS) is 11.6. The van der Waals surface area contributed by atoms with Gasteiger partial charge in [0, 0.05) is 32.0 Å². The molecule has 3 nitrogen and oxygen atoms in total. The second kappa shape index (κ2) is 6.74. The predicted octanol–water partition coefficient (Wildman–Crippen LogP) is 3.06. The van der Waals surface area contributed by atoms with Gasteiger partial charge >= 0.3 is 0 Å². The molecule has 3 heteroatoms. The van der Waals surface area contributed by atoms with Gasteiger partial charge in [-0.1, -0.05) is 27.7 Å². The van der Waals surface area contributed by atoms with Crippen LogP contribution in [0.15, 0.2) is 18.3 Å². The Morgan fingerprint density at radius 2 is 2.06 bits per heavy atom. The third-order valence-electron chi connectivity index (χ3n) is 2.69. The summed E-state index contributed by atoms with van der Waals surface area (Å²) < 4.78 is 0. The van der Waals surface area contributed by atoms with Crippen LogP contribution in [-0.4, -0.2) is 25.1 Å². The van der Waals surface area contributed by atoms with E-state index in [1.54, 1.807) is 0 Å². The fourth-order valence-corrected chi connectivity index (χ4v) is 2.00. The van der Waals surface area contributed by atoms with E-state index in [9.17, 15) is 0 Å². The lowest BCUT2D eigenvalue weighted by molar-refractivity contribution is 0.419. The second-order valence-electron chi connectivity index (χ2n) is 6.10. The minimum atomic E-state index is 0.304. The number of anilines is 1. The molecule has 0 spiro atoms. The Bertz CT molecular complexity index is 355. The van der Waals surface area contributed by atoms with Crippen molar-refractivity contribution in [3.63, 3.8) is 0 Å². The molecule has 0 radical (unpaired) electrons. The number of nitrogens with one attached hydrogen (secondary N) is 1. The summed E-state index contributed by atoms with van der Waals surface area (Å²) in [4.78, 5) is 6.70. The van der Waals surface area contributed by atoms with E-state index in [-0.39, 0.29) is 0 Å². The molecule has 1 aromatic heterocycles. The van der Waals surface area contributed by atoms with Gasteiger partial charge in [0.05, 0.1) is 5.69 Å². The number of rotatable bonds is 6. The Labute approximate surface area is 112 Å². The lowest BCUT2D eigenvalue weighted by atomic mass is 9.96. The van der Waals surface area contributed by atoms with Crippen LogP contribution in [0.4, 0.5) is 5.69 Å². The first-order valence-corrected chi connectivity index (χ1v) is 6.79. The van der Waals surface area contributed by atoms with E-state index < -0.39 is 0 Å². The van der Waals surface area contributed by atoms with Gasteiger partial charge in [-0.2, -0.15) is 0 Å². The zero-order valence-electron chi connectivity index (χ0n) is 12.5. The van der Waals surface area contributed by atoms with Crippen LogP contribution in [0, 0.1) is 5.41 Å². The number of pyridine rings is 1. The molecule has 0 saturated carbocycles. The van der Waals surface area contributed by atoms with Gasteiger partial charge in [0.25, 0.3) is 0 Å². The monoisotopic (exact) mass is 249 g/mol. The van der Waals surface area contributed by atoms with Gasteiger partial charge in [-0.3, -0.25) is 4.98 Å². The molecule has 0 fully saturated rings. The summed E-state index contributed by atoms with van der Waals surface area (Å²) in [5.41, 5.74) is 2.66. The largest absolute Gasteiger partial charge is 0.374 e. The molecule has 1 rings (SSSR count). The van der Waals surface area contributed by atoms with Crippen LogP contribution in [0.1, 0.15) is 39.8 Å². The summed E-state index contributed by atoms with van der Waals surface area (Å²) in [5.74, 6) is 0. The van der Waals surface area contributed by atoms with Gasteiger partial charge in [0.2, 0.25) is 0 Å². The average molecular weight is 249 g/mol. The summed E-state index contributed by atoms with van der Waals surface area (Å²) in [6, 6.07) is 4.25. The van der Waals surface area contributed by atoms with Crippen LogP contribution in [0.25, 0.3) is 0 Å². The number of hydrogen-bond donors (Lipinski definition) is 1. The molecule has 0 bridgehead atoms. The van der Waals surface area contributed by atoms with Crippen molar-refractivity contribution in [3.8, 4) is 0 Å². The highest BCUT2D eigenvalue weighted by molar-refractivity contribution is 5.45. The molecule has 102 valence electrons. The van der Waals surface area contributed by atoms with Crippen molar-refractivity contribution in [1.29, 1.82) is 0 Å². The maximum Gasteiger partial charge on any atom is 0.0562 e. The highest BCUT2D eigenvalue weighted by Gasteiger charge is 2.14. The van der Waals surface area contributed by atoms with Crippen LogP contribution < -0.4 is 10.2 Å². The number of nitrogens with zero attached hydrogens (tertiary/aromatic N) is 2. The first kappa shape index (κ1) is 15.0. The van der Waals surface area contributed by atoms with Crippen LogP contribution in [-0.2, 0) is 6.54 Å². The molecular weight excluding hydrogens is 222 g/mol. The Morgan fingerprint density at radius 3 is 2.67 bits per heavy atom. The van der Waals surface area contributed by atoms with Crippen LogP contribution in [0.5, 0.6) is 0 Å². The smallest absolute Gasteiger partial charge is 0.0562 e. The molecular formula is C15H27N3. The molecule has 18 heavy (non-hydrogen) atoms. The maximum atomic E-state index is 4.40. The topological polar surface area (TPSA) is 28.2 Å². The van der Waals surface area contributed by atoms with Gasteiger partial charge in [0.1, 0.15) is 0 Å². The Morgan fingerprint density at radius 1 is 1.33 bits per heavy atom. The fraction of sp³-hybridized carbons (Fsp3) is 0.667. The Kier molecular flexibility index (Phi) is 5.60. The third kappa shape index (κ3) is 5.50. The molecule has 0 amide bonds. The first-order chi connectivity index (χ1) is 8.42. The van der Waals surface area contributed by atoms with E-state index in [1.807, 2.05) is 6.20 Å². The molecule has 0 unspecified atom stereocenters. The number of hydrogen-bond acceptors (Lipinski definition) is 3. The van der Waals surface area contributed by atoms with Crippen LogP contribution in [0.2, 0.25) is 0 Å². The molecule has 0 saturated heterocycles. The zero-order valence-corrected chi connectivity index (χ0v) is 12.5. The van der Waals surface area contributed by atoms with Gasteiger partial charge in [-0.15, -0.1) is 0 Å². The summed E-state index contributed by atoms with van der Waals surface area (Å²) in [6.45, 7) is 11.9. The van der Waals surface area contributed by atoms with E-state index in [2.05, 4.69) is 62.1 Å². The molecule has 0 aliphatic heterocycles. The lowest BCUT2D eigenvalue weighted by Crippen LogP contribution is -2.29. The van der Waals surface area contributed by atoms with Gasteiger partial charge in [-0.25, -0.2) is 0 Å². The van der Waals surface area contributed by atoms with E-state index >= 15 is 0 Å². The van der Waals surface area contributed by atoms with E-state index in [1.165, 1.54) is 5.69 Å². The molecule has 0 atom stereocenters. The SMILES string of the molecule is CCCNCc1cc(N(C)CC(C)(C)C)ccn1. The predicted molar refractivity (Wildman–Crippen MR) is 79.0 cm³/mol. The zero-order chi connectivity index (χ0) is 13.6. The summed E-state index contributed by atoms with van der Waals surface area (Å²) >= 11 is 0. The van der Waals surface area contributed by atoms with Gasteiger partial charge < -0.3 is 10.2 Å². The van der Waals surface area contributed by atoms with E-state index in [4.69, 9.17) is 0 Å². The summed E-state index contributed by atoms with van der Waals surface area (Å²) in [6.07, 6.45) is 3.06. The van der Waals surface area contributed by atoms with Crippen molar-refractivity contribution >= 4 is 5.69 Å². The molecule has 1 heterocycles. The number of aromatic nitrogens is 1. The van der Waals surface area contributed by atoms with Gasteiger partial charge in [-0.05, 0) is 30.5 Å². The molecule has 0 aliphatic rings. The van der Waals surface area contributed by atoms with Crippen molar-refractivity contribution in [3.05, 3.63) is 24.0 Å². The highest BCUT2D eigenvalue weighted by atomic mass is 15.1. The molecule has 1 aromatic rings. The van der Waals surface area contributed by atoms with Crippen LogP contribution >= 0.6 is 0 Å². The highest BCUT2D eigenvalue weighted by Crippen LogP contribution is 2.20. The quantitative estimate of drug-likeness (QED) is 0.785. The second-order valence-corrected chi connectivity index (χ2v) is 6.10. The van der Waals surface area contributed by atoms with Crippen LogP contribution in [0.3, 0.4) is 0 Å². The fourth-order valence-electron chi connectivity index (χ4n) is 2.00.